The van der Waals surface area contributed by atoms with Crippen molar-refractivity contribution in [1.82, 2.24) is 4.90 Å². The van der Waals surface area contributed by atoms with E-state index >= 15 is 0 Å². The maximum Gasteiger partial charge on any atom is 0.183 e. The Bertz CT molecular complexity index is 496. The third-order valence-corrected chi connectivity index (χ3v) is 4.90. The molecule has 0 saturated heterocycles. The summed E-state index contributed by atoms with van der Waals surface area (Å²) in [5, 5.41) is 0. The number of hydrogen-bond donors (Lipinski definition) is 0. The number of ketones is 1. The average Bonchev–Trinajstić information content (AvgIpc) is 2.33. The minimum absolute atomic E-state index is 0.207. The van der Waals surface area contributed by atoms with E-state index in [1.165, 1.54) is 16.7 Å². The van der Waals surface area contributed by atoms with E-state index < -0.39 is 5.54 Å². The lowest BCUT2D eigenvalue weighted by Crippen LogP contribution is -2.46. The number of carbonyl (C=O) groups is 1. The first kappa shape index (κ1) is 15.9. The first-order chi connectivity index (χ1) is 8.53. The zero-order chi connectivity index (χ0) is 15.1. The lowest BCUT2D eigenvalue weighted by atomic mass is 9.82. The zero-order valence-electron chi connectivity index (χ0n) is 13.9. The van der Waals surface area contributed by atoms with Gasteiger partial charge in [-0.3, -0.25) is 9.69 Å². The summed E-state index contributed by atoms with van der Waals surface area (Å²) in [6, 6.07) is 0. The van der Waals surface area contributed by atoms with Gasteiger partial charge < -0.3 is 0 Å². The molecule has 0 aromatic heterocycles. The van der Waals surface area contributed by atoms with Crippen LogP contribution in [0.3, 0.4) is 0 Å². The highest BCUT2D eigenvalue weighted by atomic mass is 16.1. The van der Waals surface area contributed by atoms with Crippen molar-refractivity contribution in [3.63, 3.8) is 0 Å². The van der Waals surface area contributed by atoms with E-state index in [2.05, 4.69) is 34.6 Å². The van der Waals surface area contributed by atoms with Gasteiger partial charge in [-0.25, -0.2) is 0 Å². The fourth-order valence-corrected chi connectivity index (χ4v) is 2.35. The topological polar surface area (TPSA) is 20.3 Å². The highest BCUT2D eigenvalue weighted by Crippen LogP contribution is 2.30. The Morgan fingerprint density at radius 3 is 1.42 bits per heavy atom. The van der Waals surface area contributed by atoms with Crippen LogP contribution in [0.5, 0.6) is 0 Å². The van der Waals surface area contributed by atoms with Crippen LogP contribution in [0.15, 0.2) is 0 Å². The molecular formula is C17H27NO. The molecule has 0 N–H and O–H groups in total. The van der Waals surface area contributed by atoms with Gasteiger partial charge in [-0.1, -0.05) is 0 Å². The Labute approximate surface area is 117 Å². The average molecular weight is 261 g/mol. The smallest absolute Gasteiger partial charge is 0.183 e. The fourth-order valence-electron chi connectivity index (χ4n) is 2.35. The number of benzene rings is 1. The summed E-state index contributed by atoms with van der Waals surface area (Å²) in [6.45, 7) is 14.4. The molecule has 19 heavy (non-hydrogen) atoms. The van der Waals surface area contributed by atoms with Gasteiger partial charge in [0.2, 0.25) is 0 Å². The molecule has 0 aliphatic carbocycles. The molecule has 2 nitrogen and oxygen atoms in total. The van der Waals surface area contributed by atoms with Crippen molar-refractivity contribution >= 4 is 5.78 Å². The molecule has 0 atom stereocenters. The maximum atomic E-state index is 12.9. The van der Waals surface area contributed by atoms with Crippen molar-refractivity contribution in [2.75, 3.05) is 14.1 Å². The highest BCUT2D eigenvalue weighted by molar-refractivity contribution is 6.05. The van der Waals surface area contributed by atoms with E-state index in [1.807, 2.05) is 32.8 Å². The molecule has 1 aromatic rings. The van der Waals surface area contributed by atoms with E-state index in [9.17, 15) is 4.79 Å². The van der Waals surface area contributed by atoms with Crippen LogP contribution in [-0.4, -0.2) is 30.3 Å². The van der Waals surface area contributed by atoms with Gasteiger partial charge in [0, 0.05) is 5.56 Å². The van der Waals surface area contributed by atoms with Gasteiger partial charge in [-0.05, 0) is 90.4 Å². The van der Waals surface area contributed by atoms with Gasteiger partial charge in [-0.15, -0.1) is 0 Å². The first-order valence-electron chi connectivity index (χ1n) is 6.82. The predicted molar refractivity (Wildman–Crippen MR) is 82.2 cm³/mol. The minimum atomic E-state index is -0.482. The lowest BCUT2D eigenvalue weighted by Gasteiger charge is -2.32. The number of nitrogens with zero attached hydrogens (tertiary/aromatic N) is 1. The summed E-state index contributed by atoms with van der Waals surface area (Å²) >= 11 is 0. The third-order valence-electron chi connectivity index (χ3n) is 4.90. The maximum absolute atomic E-state index is 12.9. The van der Waals surface area contributed by atoms with Gasteiger partial charge in [-0.2, -0.15) is 0 Å². The Balaban J connectivity index is 3.58. The van der Waals surface area contributed by atoms with Crippen molar-refractivity contribution in [1.29, 1.82) is 0 Å². The standard InChI is InChI=1S/C17H27NO/c1-10-11(2)13(4)15(14(5)12(10)3)16(19)17(6,7)18(8)9/h1-9H3. The number of likely N-dealkylation sites (N-methyl/N-ethyl adjacent to an activating group) is 1. The van der Waals surface area contributed by atoms with Gasteiger partial charge in [0.1, 0.15) is 0 Å². The molecule has 1 aromatic carbocycles. The van der Waals surface area contributed by atoms with Gasteiger partial charge in [0.05, 0.1) is 5.54 Å². The predicted octanol–water partition coefficient (Wildman–Crippen LogP) is 3.75. The monoisotopic (exact) mass is 261 g/mol. The summed E-state index contributed by atoms with van der Waals surface area (Å²) in [6.07, 6.45) is 0. The highest BCUT2D eigenvalue weighted by Gasteiger charge is 2.33. The largest absolute Gasteiger partial charge is 0.297 e. The number of hydrogen-bond acceptors (Lipinski definition) is 2. The molecule has 0 spiro atoms. The van der Waals surface area contributed by atoms with Crippen molar-refractivity contribution in [3.8, 4) is 0 Å². The van der Waals surface area contributed by atoms with Crippen LogP contribution in [0.1, 0.15) is 52.0 Å². The van der Waals surface area contributed by atoms with Crippen LogP contribution in [-0.2, 0) is 0 Å². The Kier molecular flexibility index (Phi) is 4.26. The van der Waals surface area contributed by atoms with Crippen molar-refractivity contribution in [2.45, 2.75) is 54.0 Å². The van der Waals surface area contributed by atoms with E-state index in [4.69, 9.17) is 0 Å². The van der Waals surface area contributed by atoms with Crippen LogP contribution in [0.4, 0.5) is 0 Å². The van der Waals surface area contributed by atoms with Crippen molar-refractivity contribution in [3.05, 3.63) is 33.4 Å². The van der Waals surface area contributed by atoms with E-state index in [0.29, 0.717) is 0 Å². The molecular weight excluding hydrogens is 234 g/mol. The number of Topliss-reactive ketones (excluding diaryl/α,β-unsaturated/α-hetero) is 1. The van der Waals surface area contributed by atoms with Crippen molar-refractivity contribution in [2.24, 2.45) is 0 Å². The lowest BCUT2D eigenvalue weighted by molar-refractivity contribution is 0.0754. The molecule has 0 aliphatic rings. The molecule has 0 unspecified atom stereocenters. The zero-order valence-corrected chi connectivity index (χ0v) is 13.9. The molecule has 0 amide bonds. The van der Waals surface area contributed by atoms with Crippen LogP contribution in [0, 0.1) is 34.6 Å². The molecule has 0 saturated carbocycles. The second-order valence-electron chi connectivity index (χ2n) is 6.28. The third kappa shape index (κ3) is 2.46. The summed E-state index contributed by atoms with van der Waals surface area (Å²) in [7, 11) is 3.91. The molecule has 0 aliphatic heterocycles. The Morgan fingerprint density at radius 1 is 0.789 bits per heavy atom. The molecule has 0 bridgehead atoms. The number of rotatable bonds is 3. The van der Waals surface area contributed by atoms with Crippen molar-refractivity contribution < 1.29 is 4.79 Å². The van der Waals surface area contributed by atoms with Gasteiger partial charge >= 0.3 is 0 Å². The molecule has 0 radical (unpaired) electrons. The summed E-state index contributed by atoms with van der Waals surface area (Å²) in [5.74, 6) is 0.207. The summed E-state index contributed by atoms with van der Waals surface area (Å²) < 4.78 is 0. The number of carbonyl (C=O) groups excluding carboxylic acids is 1. The van der Waals surface area contributed by atoms with Crippen LogP contribution >= 0.6 is 0 Å². The summed E-state index contributed by atoms with van der Waals surface area (Å²) in [4.78, 5) is 14.9. The quantitative estimate of drug-likeness (QED) is 0.772. The van der Waals surface area contributed by atoms with E-state index in [-0.39, 0.29) is 5.78 Å². The van der Waals surface area contributed by atoms with Gasteiger partial charge in [0.15, 0.2) is 5.78 Å². The second kappa shape index (κ2) is 5.09. The second-order valence-corrected chi connectivity index (χ2v) is 6.28. The fraction of sp³-hybridized carbons (Fsp3) is 0.588. The Hall–Kier alpha value is -1.15. The summed E-state index contributed by atoms with van der Waals surface area (Å²) in [5.41, 5.74) is 6.44. The van der Waals surface area contributed by atoms with E-state index in [1.54, 1.807) is 0 Å². The molecule has 1 rings (SSSR count). The van der Waals surface area contributed by atoms with Gasteiger partial charge in [0.25, 0.3) is 0 Å². The normalized spacial score (nSPS) is 12.1. The van der Waals surface area contributed by atoms with E-state index in [0.717, 1.165) is 16.7 Å². The first-order valence-corrected chi connectivity index (χ1v) is 6.82. The van der Waals surface area contributed by atoms with Crippen LogP contribution in [0.2, 0.25) is 0 Å². The molecule has 106 valence electrons. The molecule has 0 heterocycles. The van der Waals surface area contributed by atoms with Crippen LogP contribution < -0.4 is 0 Å². The molecule has 0 fully saturated rings. The SMILES string of the molecule is Cc1c(C)c(C)c(C(=O)C(C)(C)N(C)C)c(C)c1C. The minimum Gasteiger partial charge on any atom is -0.297 e. The Morgan fingerprint density at radius 2 is 1.11 bits per heavy atom. The van der Waals surface area contributed by atoms with Crippen LogP contribution in [0.25, 0.3) is 0 Å². The molecule has 2 heteroatoms.